The lowest BCUT2D eigenvalue weighted by molar-refractivity contribution is -0.121. The van der Waals surface area contributed by atoms with E-state index in [0.717, 1.165) is 11.3 Å². The molecule has 0 aliphatic carbocycles. The Kier molecular flexibility index (Phi) is 2.19. The van der Waals surface area contributed by atoms with Crippen LogP contribution in [0.3, 0.4) is 0 Å². The third-order valence-corrected chi connectivity index (χ3v) is 2.42. The van der Waals surface area contributed by atoms with Crippen molar-refractivity contribution >= 4 is 23.1 Å². The van der Waals surface area contributed by atoms with Crippen LogP contribution in [-0.4, -0.2) is 18.2 Å². The highest BCUT2D eigenvalue weighted by Gasteiger charge is 2.27. The maximum atomic E-state index is 11.6. The van der Waals surface area contributed by atoms with Gasteiger partial charge in [0.25, 0.3) is 0 Å². The molecule has 0 spiro atoms. The highest BCUT2D eigenvalue weighted by atomic mass is 16.2. The fourth-order valence-electron chi connectivity index (χ4n) is 1.80. The number of Topliss-reactive ketones (excluding diaryl/α,β-unsaturated/α-hetero) is 1. The second-order valence-electron chi connectivity index (χ2n) is 3.75. The van der Waals surface area contributed by atoms with Crippen LogP contribution in [0.1, 0.15) is 12.5 Å². The topological polar surface area (TPSA) is 63.4 Å². The number of anilines is 2. The van der Waals surface area contributed by atoms with Crippen LogP contribution in [0.2, 0.25) is 0 Å². The van der Waals surface area contributed by atoms with Crippen LogP contribution in [0.5, 0.6) is 0 Å². The van der Waals surface area contributed by atoms with Gasteiger partial charge in [0, 0.05) is 11.4 Å². The summed E-state index contributed by atoms with van der Waals surface area (Å²) in [5.74, 6) is -0.0566. The minimum absolute atomic E-state index is 0.0203. The Bertz CT molecular complexity index is 440. The van der Waals surface area contributed by atoms with Gasteiger partial charge in [-0.3, -0.25) is 9.59 Å². The minimum Gasteiger partial charge on any atom is -0.399 e. The summed E-state index contributed by atoms with van der Waals surface area (Å²) in [6, 6.07) is 5.32. The normalized spacial score (nSPS) is 14.2. The number of carbonyl (C=O) groups excluding carboxylic acids is 2. The molecule has 1 aliphatic rings. The zero-order valence-corrected chi connectivity index (χ0v) is 8.49. The molecule has 15 heavy (non-hydrogen) atoms. The highest BCUT2D eigenvalue weighted by Crippen LogP contribution is 2.30. The number of carbonyl (C=O) groups is 2. The lowest BCUT2D eigenvalue weighted by Gasteiger charge is -2.15. The number of hydrogen-bond acceptors (Lipinski definition) is 3. The average Bonchev–Trinajstić information content (AvgIpc) is 2.41. The van der Waals surface area contributed by atoms with E-state index in [1.807, 2.05) is 0 Å². The molecule has 0 saturated heterocycles. The van der Waals surface area contributed by atoms with E-state index in [2.05, 4.69) is 0 Å². The number of nitrogens with two attached hydrogens (primary N) is 1. The lowest BCUT2D eigenvalue weighted by Crippen LogP contribution is -2.31. The maximum absolute atomic E-state index is 11.6. The molecule has 0 radical (unpaired) electrons. The molecule has 1 aromatic rings. The minimum atomic E-state index is -0.0363. The van der Waals surface area contributed by atoms with E-state index in [0.29, 0.717) is 12.1 Å². The zero-order chi connectivity index (χ0) is 11.0. The lowest BCUT2D eigenvalue weighted by atomic mass is 10.1. The molecule has 2 rings (SSSR count). The van der Waals surface area contributed by atoms with Crippen molar-refractivity contribution in [3.8, 4) is 0 Å². The fraction of sp³-hybridized carbons (Fsp3) is 0.273. The van der Waals surface area contributed by atoms with E-state index in [-0.39, 0.29) is 18.2 Å². The molecule has 4 heteroatoms. The molecule has 1 amide bonds. The molecule has 0 bridgehead atoms. The van der Waals surface area contributed by atoms with Gasteiger partial charge in [-0.2, -0.15) is 0 Å². The Hall–Kier alpha value is -1.84. The van der Waals surface area contributed by atoms with Crippen LogP contribution < -0.4 is 10.6 Å². The molecule has 0 saturated carbocycles. The number of rotatable bonds is 2. The number of ketones is 1. The van der Waals surface area contributed by atoms with Crippen molar-refractivity contribution in [2.75, 3.05) is 17.2 Å². The Labute approximate surface area is 87.7 Å². The van der Waals surface area contributed by atoms with Crippen LogP contribution in [0.25, 0.3) is 0 Å². The molecule has 0 fully saturated rings. The maximum Gasteiger partial charge on any atom is 0.231 e. The zero-order valence-electron chi connectivity index (χ0n) is 8.49. The summed E-state index contributed by atoms with van der Waals surface area (Å²) >= 11 is 0. The first-order chi connectivity index (χ1) is 7.08. The Morgan fingerprint density at radius 2 is 2.27 bits per heavy atom. The summed E-state index contributed by atoms with van der Waals surface area (Å²) in [6.45, 7) is 1.62. The van der Waals surface area contributed by atoms with E-state index >= 15 is 0 Å². The third-order valence-electron chi connectivity index (χ3n) is 2.42. The van der Waals surface area contributed by atoms with E-state index < -0.39 is 0 Å². The molecular weight excluding hydrogens is 192 g/mol. The van der Waals surface area contributed by atoms with Gasteiger partial charge in [0.15, 0.2) is 0 Å². The van der Waals surface area contributed by atoms with E-state index in [1.165, 1.54) is 11.8 Å². The summed E-state index contributed by atoms with van der Waals surface area (Å²) in [6.07, 6.45) is 0.341. The van der Waals surface area contributed by atoms with Gasteiger partial charge in [0.2, 0.25) is 5.91 Å². The number of amides is 1. The molecule has 0 aromatic heterocycles. The van der Waals surface area contributed by atoms with Crippen molar-refractivity contribution in [1.82, 2.24) is 0 Å². The molecule has 2 N–H and O–H groups in total. The Morgan fingerprint density at radius 1 is 1.53 bits per heavy atom. The van der Waals surface area contributed by atoms with Crippen LogP contribution in [0.4, 0.5) is 11.4 Å². The van der Waals surface area contributed by atoms with E-state index in [4.69, 9.17) is 5.73 Å². The number of fused-ring (bicyclic) bond motifs is 1. The molecule has 0 unspecified atom stereocenters. The summed E-state index contributed by atoms with van der Waals surface area (Å²) in [4.78, 5) is 24.1. The third kappa shape index (κ3) is 1.70. The van der Waals surface area contributed by atoms with E-state index in [9.17, 15) is 9.59 Å². The second-order valence-corrected chi connectivity index (χ2v) is 3.75. The standard InChI is InChI=1S/C11H12N2O2/c1-7(14)6-13-10-3-2-9(12)4-8(10)5-11(13)15/h2-4H,5-6,12H2,1H3. The summed E-state index contributed by atoms with van der Waals surface area (Å²) in [7, 11) is 0. The molecular formula is C11H12N2O2. The van der Waals surface area contributed by atoms with Crippen LogP contribution in [0, 0.1) is 0 Å². The summed E-state index contributed by atoms with van der Waals surface area (Å²) in [5.41, 5.74) is 7.98. The number of benzene rings is 1. The molecule has 4 nitrogen and oxygen atoms in total. The van der Waals surface area contributed by atoms with Crippen LogP contribution in [-0.2, 0) is 16.0 Å². The van der Waals surface area contributed by atoms with Gasteiger partial charge in [-0.25, -0.2) is 0 Å². The van der Waals surface area contributed by atoms with Gasteiger partial charge in [-0.05, 0) is 30.7 Å². The predicted octanol–water partition coefficient (Wildman–Crippen LogP) is 0.747. The molecule has 78 valence electrons. The van der Waals surface area contributed by atoms with Crippen molar-refractivity contribution in [1.29, 1.82) is 0 Å². The van der Waals surface area contributed by atoms with Crippen LogP contribution >= 0.6 is 0 Å². The average molecular weight is 204 g/mol. The van der Waals surface area contributed by atoms with Gasteiger partial charge in [0.1, 0.15) is 5.78 Å². The number of nitrogen functional groups attached to an aromatic ring is 1. The molecule has 0 atom stereocenters. The van der Waals surface area contributed by atoms with Crippen LogP contribution in [0.15, 0.2) is 18.2 Å². The van der Waals surface area contributed by atoms with Gasteiger partial charge < -0.3 is 10.6 Å². The first-order valence-electron chi connectivity index (χ1n) is 4.76. The molecule has 1 aliphatic heterocycles. The van der Waals surface area contributed by atoms with Gasteiger partial charge >= 0.3 is 0 Å². The van der Waals surface area contributed by atoms with Gasteiger partial charge in [-0.15, -0.1) is 0 Å². The first-order valence-corrected chi connectivity index (χ1v) is 4.76. The number of hydrogen-bond donors (Lipinski definition) is 1. The fourth-order valence-corrected chi connectivity index (χ4v) is 1.80. The van der Waals surface area contributed by atoms with Crippen molar-refractivity contribution in [3.63, 3.8) is 0 Å². The van der Waals surface area contributed by atoms with Crippen molar-refractivity contribution in [3.05, 3.63) is 23.8 Å². The second kappa shape index (κ2) is 3.38. The molecule has 1 heterocycles. The van der Waals surface area contributed by atoms with E-state index in [1.54, 1.807) is 18.2 Å². The van der Waals surface area contributed by atoms with Gasteiger partial charge in [-0.1, -0.05) is 0 Å². The van der Waals surface area contributed by atoms with Crippen molar-refractivity contribution in [2.24, 2.45) is 0 Å². The summed E-state index contributed by atoms with van der Waals surface area (Å²) in [5, 5.41) is 0. The SMILES string of the molecule is CC(=O)CN1C(=O)Cc2cc(N)ccc21. The first kappa shape index (κ1) is 9.71. The Balaban J connectivity index is 2.37. The van der Waals surface area contributed by atoms with Gasteiger partial charge in [0.05, 0.1) is 13.0 Å². The smallest absolute Gasteiger partial charge is 0.231 e. The highest BCUT2D eigenvalue weighted by molar-refractivity contribution is 6.05. The molecule has 1 aromatic carbocycles. The quantitative estimate of drug-likeness (QED) is 0.723. The summed E-state index contributed by atoms with van der Waals surface area (Å²) < 4.78 is 0. The van der Waals surface area contributed by atoms with Crippen molar-refractivity contribution < 1.29 is 9.59 Å². The predicted molar refractivity (Wildman–Crippen MR) is 57.6 cm³/mol. The Morgan fingerprint density at radius 3 is 2.93 bits per heavy atom. The monoisotopic (exact) mass is 204 g/mol. The largest absolute Gasteiger partial charge is 0.399 e. The number of nitrogens with zero attached hydrogens (tertiary/aromatic N) is 1. The van der Waals surface area contributed by atoms with Crippen molar-refractivity contribution in [2.45, 2.75) is 13.3 Å².